The van der Waals surface area contributed by atoms with Crippen molar-refractivity contribution in [1.29, 1.82) is 0 Å². The minimum atomic E-state index is -0.463. The number of thiophene rings is 1. The lowest BCUT2D eigenvalue weighted by Crippen LogP contribution is -2.10. The van der Waals surface area contributed by atoms with E-state index in [-0.39, 0.29) is 0 Å². The number of ether oxygens (including phenoxy) is 1. The Morgan fingerprint density at radius 2 is 1.64 bits per heavy atom. The number of hydrogen-bond donors (Lipinski definition) is 1. The SMILES string of the molecule is NC(=O)c1sc(-c2ccccc2)cc1OCc1ccccc1. The Kier molecular flexibility index (Phi) is 4.21. The van der Waals surface area contributed by atoms with Crippen molar-refractivity contribution in [3.05, 3.63) is 77.2 Å². The van der Waals surface area contributed by atoms with Crippen LogP contribution in [0.1, 0.15) is 15.2 Å². The van der Waals surface area contributed by atoms with Gasteiger partial charge in [0.2, 0.25) is 0 Å². The average Bonchev–Trinajstić information content (AvgIpc) is 2.99. The zero-order valence-electron chi connectivity index (χ0n) is 11.9. The molecule has 0 saturated heterocycles. The zero-order chi connectivity index (χ0) is 15.4. The Morgan fingerprint density at radius 3 is 2.27 bits per heavy atom. The molecule has 0 aliphatic heterocycles. The highest BCUT2D eigenvalue weighted by molar-refractivity contribution is 7.17. The molecule has 0 aliphatic carbocycles. The molecule has 0 aliphatic rings. The van der Waals surface area contributed by atoms with Crippen LogP contribution >= 0.6 is 11.3 Å². The maximum absolute atomic E-state index is 11.6. The molecule has 0 bridgehead atoms. The highest BCUT2D eigenvalue weighted by Crippen LogP contribution is 2.36. The Morgan fingerprint density at radius 1 is 1.00 bits per heavy atom. The molecule has 0 fully saturated rings. The van der Waals surface area contributed by atoms with Gasteiger partial charge in [-0.15, -0.1) is 11.3 Å². The predicted octanol–water partition coefficient (Wildman–Crippen LogP) is 4.09. The summed E-state index contributed by atoms with van der Waals surface area (Å²) in [6.45, 7) is 0.409. The minimum absolute atomic E-state index is 0.409. The molecule has 3 nitrogen and oxygen atoms in total. The molecule has 0 radical (unpaired) electrons. The summed E-state index contributed by atoms with van der Waals surface area (Å²) in [7, 11) is 0. The summed E-state index contributed by atoms with van der Waals surface area (Å²) in [5.74, 6) is 0.0791. The van der Waals surface area contributed by atoms with Crippen LogP contribution < -0.4 is 10.5 Å². The van der Waals surface area contributed by atoms with Gasteiger partial charge in [-0.05, 0) is 17.2 Å². The second kappa shape index (κ2) is 6.45. The third-order valence-electron chi connectivity index (χ3n) is 3.22. The van der Waals surface area contributed by atoms with Crippen LogP contribution in [0.5, 0.6) is 5.75 Å². The van der Waals surface area contributed by atoms with Gasteiger partial charge in [0, 0.05) is 4.88 Å². The van der Waals surface area contributed by atoms with Crippen LogP contribution in [-0.4, -0.2) is 5.91 Å². The monoisotopic (exact) mass is 309 g/mol. The van der Waals surface area contributed by atoms with Crippen LogP contribution in [-0.2, 0) is 6.61 Å². The highest BCUT2D eigenvalue weighted by Gasteiger charge is 2.16. The fourth-order valence-corrected chi connectivity index (χ4v) is 3.09. The molecule has 110 valence electrons. The maximum Gasteiger partial charge on any atom is 0.262 e. The number of benzene rings is 2. The van der Waals surface area contributed by atoms with E-state index >= 15 is 0 Å². The van der Waals surface area contributed by atoms with E-state index in [0.717, 1.165) is 16.0 Å². The molecule has 2 N–H and O–H groups in total. The van der Waals surface area contributed by atoms with Crippen LogP contribution in [0.3, 0.4) is 0 Å². The molecule has 0 unspecified atom stereocenters. The number of rotatable bonds is 5. The van der Waals surface area contributed by atoms with E-state index in [4.69, 9.17) is 10.5 Å². The molecule has 22 heavy (non-hydrogen) atoms. The summed E-state index contributed by atoms with van der Waals surface area (Å²) >= 11 is 1.36. The molecule has 1 heterocycles. The molecule has 4 heteroatoms. The smallest absolute Gasteiger partial charge is 0.262 e. The van der Waals surface area contributed by atoms with Crippen molar-refractivity contribution in [2.75, 3.05) is 0 Å². The van der Waals surface area contributed by atoms with Gasteiger partial charge in [-0.1, -0.05) is 60.7 Å². The predicted molar refractivity (Wildman–Crippen MR) is 89.0 cm³/mol. The van der Waals surface area contributed by atoms with Crippen molar-refractivity contribution in [3.63, 3.8) is 0 Å². The van der Waals surface area contributed by atoms with Crippen molar-refractivity contribution in [3.8, 4) is 16.2 Å². The van der Waals surface area contributed by atoms with Gasteiger partial charge in [-0.3, -0.25) is 4.79 Å². The molecular weight excluding hydrogens is 294 g/mol. The van der Waals surface area contributed by atoms with E-state index in [9.17, 15) is 4.79 Å². The molecule has 0 atom stereocenters. The molecule has 1 amide bonds. The van der Waals surface area contributed by atoms with Crippen molar-refractivity contribution in [2.24, 2.45) is 5.73 Å². The fraction of sp³-hybridized carbons (Fsp3) is 0.0556. The largest absolute Gasteiger partial charge is 0.487 e. The first-order valence-corrected chi connectivity index (χ1v) is 7.71. The van der Waals surface area contributed by atoms with E-state index in [1.165, 1.54) is 11.3 Å². The lowest BCUT2D eigenvalue weighted by atomic mass is 10.2. The Bertz CT molecular complexity index is 766. The van der Waals surface area contributed by atoms with Crippen LogP contribution in [0.2, 0.25) is 0 Å². The summed E-state index contributed by atoms with van der Waals surface area (Å²) in [5.41, 5.74) is 7.56. The molecule has 3 rings (SSSR count). The van der Waals surface area contributed by atoms with Crippen molar-refractivity contribution in [2.45, 2.75) is 6.61 Å². The van der Waals surface area contributed by atoms with E-state index in [1.807, 2.05) is 66.7 Å². The van der Waals surface area contributed by atoms with Gasteiger partial charge in [0.25, 0.3) is 5.91 Å². The lowest BCUT2D eigenvalue weighted by Gasteiger charge is -2.05. The van der Waals surface area contributed by atoms with Crippen molar-refractivity contribution < 1.29 is 9.53 Å². The first-order chi connectivity index (χ1) is 10.7. The summed E-state index contributed by atoms with van der Waals surface area (Å²) in [6, 6.07) is 21.6. The topological polar surface area (TPSA) is 52.3 Å². The first kappa shape index (κ1) is 14.4. The van der Waals surface area contributed by atoms with Crippen LogP contribution in [0.15, 0.2) is 66.7 Å². The number of carbonyl (C=O) groups is 1. The van der Waals surface area contributed by atoms with Gasteiger partial charge >= 0.3 is 0 Å². The Balaban J connectivity index is 1.86. The Labute approximate surface area is 133 Å². The highest BCUT2D eigenvalue weighted by atomic mass is 32.1. The van der Waals surface area contributed by atoms with Crippen molar-refractivity contribution >= 4 is 17.2 Å². The van der Waals surface area contributed by atoms with Crippen LogP contribution in [0.4, 0.5) is 0 Å². The van der Waals surface area contributed by atoms with Gasteiger partial charge < -0.3 is 10.5 Å². The molecule has 3 aromatic rings. The van der Waals surface area contributed by atoms with E-state index in [1.54, 1.807) is 0 Å². The second-order valence-electron chi connectivity index (χ2n) is 4.81. The summed E-state index contributed by atoms with van der Waals surface area (Å²) in [5, 5.41) is 0. The van der Waals surface area contributed by atoms with Crippen LogP contribution in [0.25, 0.3) is 10.4 Å². The maximum atomic E-state index is 11.6. The van der Waals surface area contributed by atoms with Crippen molar-refractivity contribution in [1.82, 2.24) is 0 Å². The van der Waals surface area contributed by atoms with Gasteiger partial charge in [0.15, 0.2) is 0 Å². The number of amides is 1. The Hall–Kier alpha value is -2.59. The van der Waals surface area contributed by atoms with Gasteiger partial charge in [0.05, 0.1) is 0 Å². The summed E-state index contributed by atoms with van der Waals surface area (Å²) in [6.07, 6.45) is 0. The second-order valence-corrected chi connectivity index (χ2v) is 5.86. The molecule has 0 spiro atoms. The number of carbonyl (C=O) groups excluding carboxylic acids is 1. The number of primary amides is 1. The first-order valence-electron chi connectivity index (χ1n) is 6.90. The fourth-order valence-electron chi connectivity index (χ4n) is 2.13. The minimum Gasteiger partial charge on any atom is -0.487 e. The van der Waals surface area contributed by atoms with Crippen LogP contribution in [0, 0.1) is 0 Å². The van der Waals surface area contributed by atoms with E-state index < -0.39 is 5.91 Å². The third-order valence-corrected chi connectivity index (χ3v) is 4.40. The normalized spacial score (nSPS) is 10.4. The van der Waals surface area contributed by atoms with Gasteiger partial charge in [-0.25, -0.2) is 0 Å². The van der Waals surface area contributed by atoms with Gasteiger partial charge in [0.1, 0.15) is 17.2 Å². The van der Waals surface area contributed by atoms with E-state index in [0.29, 0.717) is 17.2 Å². The molecule has 1 aromatic heterocycles. The summed E-state index contributed by atoms with van der Waals surface area (Å²) in [4.78, 5) is 13.1. The molecular formula is C18H15NO2S. The third kappa shape index (κ3) is 3.18. The zero-order valence-corrected chi connectivity index (χ0v) is 12.7. The quantitative estimate of drug-likeness (QED) is 0.771. The summed E-state index contributed by atoms with van der Waals surface area (Å²) < 4.78 is 5.80. The lowest BCUT2D eigenvalue weighted by molar-refractivity contribution is 0.1000. The standard InChI is InChI=1S/C18H15NO2S/c19-18(20)17-15(21-12-13-7-3-1-4-8-13)11-16(22-17)14-9-5-2-6-10-14/h1-11H,12H2,(H2,19,20). The average molecular weight is 309 g/mol. The van der Waals surface area contributed by atoms with E-state index in [2.05, 4.69) is 0 Å². The van der Waals surface area contributed by atoms with Gasteiger partial charge in [-0.2, -0.15) is 0 Å². The number of hydrogen-bond acceptors (Lipinski definition) is 3. The molecule has 0 saturated carbocycles. The number of nitrogens with two attached hydrogens (primary N) is 1. The molecule has 2 aromatic carbocycles.